The minimum absolute atomic E-state index is 0.0251. The SMILES string of the molecule is CC1CCCN(C(=O)c2cccc(Cl)c2-n2nccn2)C1CNc1ncc(Cl)cn1. The van der Waals surface area contributed by atoms with Gasteiger partial charge in [0.25, 0.3) is 5.91 Å². The van der Waals surface area contributed by atoms with Crippen LogP contribution in [0, 0.1) is 5.92 Å². The van der Waals surface area contributed by atoms with Crippen LogP contribution in [-0.4, -0.2) is 54.9 Å². The van der Waals surface area contributed by atoms with Gasteiger partial charge in [-0.3, -0.25) is 4.79 Å². The zero-order chi connectivity index (χ0) is 21.1. The molecule has 1 aliphatic rings. The van der Waals surface area contributed by atoms with Crippen LogP contribution in [0.2, 0.25) is 10.0 Å². The van der Waals surface area contributed by atoms with E-state index in [1.165, 1.54) is 4.80 Å². The quantitative estimate of drug-likeness (QED) is 0.643. The Morgan fingerprint density at radius 1 is 1.20 bits per heavy atom. The maximum atomic E-state index is 13.6. The Balaban J connectivity index is 1.60. The van der Waals surface area contributed by atoms with Gasteiger partial charge in [0.2, 0.25) is 5.95 Å². The first-order valence-electron chi connectivity index (χ1n) is 9.72. The number of rotatable bonds is 5. The molecule has 1 amide bonds. The zero-order valence-corrected chi connectivity index (χ0v) is 17.9. The van der Waals surface area contributed by atoms with Crippen LogP contribution in [0.4, 0.5) is 5.95 Å². The number of aromatic nitrogens is 5. The molecule has 0 bridgehead atoms. The molecule has 3 heterocycles. The molecule has 1 aliphatic heterocycles. The van der Waals surface area contributed by atoms with E-state index in [9.17, 15) is 4.79 Å². The van der Waals surface area contributed by atoms with Crippen LogP contribution >= 0.6 is 23.2 Å². The van der Waals surface area contributed by atoms with Crippen molar-refractivity contribution >= 4 is 35.1 Å². The monoisotopic (exact) mass is 445 g/mol. The fourth-order valence-corrected chi connectivity index (χ4v) is 4.14. The smallest absolute Gasteiger partial charge is 0.256 e. The van der Waals surface area contributed by atoms with Crippen molar-refractivity contribution in [1.29, 1.82) is 0 Å². The van der Waals surface area contributed by atoms with Crippen LogP contribution < -0.4 is 5.32 Å². The van der Waals surface area contributed by atoms with Gasteiger partial charge in [-0.05, 0) is 30.9 Å². The number of nitrogens with one attached hydrogen (secondary N) is 1. The van der Waals surface area contributed by atoms with Gasteiger partial charge in [0, 0.05) is 13.1 Å². The molecule has 1 N–H and O–H groups in total. The topological polar surface area (TPSA) is 88.8 Å². The van der Waals surface area contributed by atoms with Crippen molar-refractivity contribution in [2.24, 2.45) is 5.92 Å². The Labute approximate surface area is 184 Å². The normalized spacial score (nSPS) is 19.0. The number of nitrogens with zero attached hydrogens (tertiary/aromatic N) is 6. The van der Waals surface area contributed by atoms with Crippen molar-refractivity contribution in [3.05, 3.63) is 58.6 Å². The molecule has 1 aromatic carbocycles. The highest BCUT2D eigenvalue weighted by molar-refractivity contribution is 6.33. The van der Waals surface area contributed by atoms with E-state index in [2.05, 4.69) is 32.4 Å². The van der Waals surface area contributed by atoms with E-state index in [0.29, 0.717) is 46.3 Å². The minimum Gasteiger partial charge on any atom is -0.352 e. The van der Waals surface area contributed by atoms with Crippen LogP contribution in [0.15, 0.2) is 43.0 Å². The molecule has 156 valence electrons. The van der Waals surface area contributed by atoms with Gasteiger partial charge in [-0.15, -0.1) is 4.80 Å². The molecule has 4 rings (SSSR count). The first kappa shape index (κ1) is 20.6. The summed E-state index contributed by atoms with van der Waals surface area (Å²) in [5.41, 5.74) is 0.959. The van der Waals surface area contributed by atoms with Crippen molar-refractivity contribution in [2.75, 3.05) is 18.4 Å². The molecule has 0 spiro atoms. The summed E-state index contributed by atoms with van der Waals surface area (Å²) in [5.74, 6) is 0.696. The van der Waals surface area contributed by atoms with E-state index < -0.39 is 0 Å². The standard InChI is InChI=1S/C20H21Cl2N7O/c1-13-4-3-9-28(17(13)12-25-20-23-10-14(21)11-24-20)19(30)15-5-2-6-16(22)18(15)29-26-7-8-27-29/h2,5-8,10-11,13,17H,3-4,9,12H2,1H3,(H,23,24,25). The number of para-hydroxylation sites is 1. The van der Waals surface area contributed by atoms with Gasteiger partial charge in [-0.1, -0.05) is 36.2 Å². The lowest BCUT2D eigenvalue weighted by molar-refractivity contribution is 0.0539. The maximum absolute atomic E-state index is 13.6. The van der Waals surface area contributed by atoms with Crippen LogP contribution in [0.1, 0.15) is 30.1 Å². The van der Waals surface area contributed by atoms with Crippen molar-refractivity contribution < 1.29 is 4.79 Å². The number of likely N-dealkylation sites (tertiary alicyclic amines) is 1. The lowest BCUT2D eigenvalue weighted by atomic mass is 9.90. The molecule has 10 heteroatoms. The van der Waals surface area contributed by atoms with E-state index in [4.69, 9.17) is 23.2 Å². The largest absolute Gasteiger partial charge is 0.352 e. The van der Waals surface area contributed by atoms with Gasteiger partial charge < -0.3 is 10.2 Å². The second-order valence-electron chi connectivity index (χ2n) is 7.25. The summed E-state index contributed by atoms with van der Waals surface area (Å²) in [7, 11) is 0. The summed E-state index contributed by atoms with van der Waals surface area (Å²) in [6.45, 7) is 3.35. The summed E-state index contributed by atoms with van der Waals surface area (Å²) < 4.78 is 0. The Morgan fingerprint density at radius 2 is 1.93 bits per heavy atom. The summed E-state index contributed by atoms with van der Waals surface area (Å²) in [4.78, 5) is 25.2. The van der Waals surface area contributed by atoms with E-state index in [1.54, 1.807) is 43.0 Å². The maximum Gasteiger partial charge on any atom is 0.256 e. The van der Waals surface area contributed by atoms with Gasteiger partial charge in [0.1, 0.15) is 5.69 Å². The van der Waals surface area contributed by atoms with Gasteiger partial charge in [-0.2, -0.15) is 10.2 Å². The Morgan fingerprint density at radius 3 is 2.67 bits per heavy atom. The highest BCUT2D eigenvalue weighted by Gasteiger charge is 2.34. The van der Waals surface area contributed by atoms with Crippen LogP contribution in [0.25, 0.3) is 5.69 Å². The number of carbonyl (C=O) groups excluding carboxylic acids is 1. The third-order valence-corrected chi connectivity index (χ3v) is 5.80. The van der Waals surface area contributed by atoms with E-state index in [1.807, 2.05) is 4.90 Å². The number of hydrogen-bond acceptors (Lipinski definition) is 6. The molecule has 8 nitrogen and oxygen atoms in total. The second-order valence-corrected chi connectivity index (χ2v) is 8.09. The number of benzene rings is 1. The molecular formula is C20H21Cl2N7O. The van der Waals surface area contributed by atoms with Crippen molar-refractivity contribution in [3.8, 4) is 5.69 Å². The molecule has 3 aromatic rings. The Bertz CT molecular complexity index is 1010. The van der Waals surface area contributed by atoms with E-state index in [0.717, 1.165) is 12.8 Å². The fraction of sp³-hybridized carbons (Fsp3) is 0.350. The minimum atomic E-state index is -0.0971. The molecule has 0 saturated carbocycles. The molecule has 2 aromatic heterocycles. The third-order valence-electron chi connectivity index (χ3n) is 5.30. The number of amides is 1. The van der Waals surface area contributed by atoms with E-state index >= 15 is 0 Å². The van der Waals surface area contributed by atoms with Crippen LogP contribution in [-0.2, 0) is 0 Å². The number of carbonyl (C=O) groups is 1. The van der Waals surface area contributed by atoms with Crippen molar-refractivity contribution in [2.45, 2.75) is 25.8 Å². The molecule has 2 atom stereocenters. The predicted octanol–water partition coefficient (Wildman–Crippen LogP) is 3.72. The average Bonchev–Trinajstić information content (AvgIpc) is 3.27. The van der Waals surface area contributed by atoms with Crippen molar-refractivity contribution in [1.82, 2.24) is 29.9 Å². The number of hydrogen-bond donors (Lipinski definition) is 1. The van der Waals surface area contributed by atoms with Gasteiger partial charge in [0.15, 0.2) is 0 Å². The number of anilines is 1. The summed E-state index contributed by atoms with van der Waals surface area (Å²) >= 11 is 12.3. The molecular weight excluding hydrogens is 425 g/mol. The first-order chi connectivity index (χ1) is 14.5. The summed E-state index contributed by atoms with van der Waals surface area (Å²) in [6.07, 6.45) is 8.18. The lowest BCUT2D eigenvalue weighted by Gasteiger charge is -2.40. The summed E-state index contributed by atoms with van der Waals surface area (Å²) in [6, 6.07) is 5.24. The van der Waals surface area contributed by atoms with Gasteiger partial charge in [-0.25, -0.2) is 9.97 Å². The first-order valence-corrected chi connectivity index (χ1v) is 10.5. The fourth-order valence-electron chi connectivity index (χ4n) is 3.79. The van der Waals surface area contributed by atoms with Gasteiger partial charge >= 0.3 is 0 Å². The third kappa shape index (κ3) is 4.24. The van der Waals surface area contributed by atoms with Crippen LogP contribution in [0.3, 0.4) is 0 Å². The second kappa shape index (κ2) is 8.97. The number of halogens is 2. The highest BCUT2D eigenvalue weighted by atomic mass is 35.5. The number of piperidine rings is 1. The molecule has 1 fully saturated rings. The highest BCUT2D eigenvalue weighted by Crippen LogP contribution is 2.29. The molecule has 2 unspecified atom stereocenters. The van der Waals surface area contributed by atoms with Crippen LogP contribution in [0.5, 0.6) is 0 Å². The lowest BCUT2D eigenvalue weighted by Crippen LogP contribution is -2.51. The molecule has 0 aliphatic carbocycles. The average molecular weight is 446 g/mol. The summed E-state index contributed by atoms with van der Waals surface area (Å²) in [5, 5.41) is 12.5. The Kier molecular flexibility index (Phi) is 6.15. The molecule has 1 saturated heterocycles. The Hall–Kier alpha value is -2.71. The molecule has 30 heavy (non-hydrogen) atoms. The zero-order valence-electron chi connectivity index (χ0n) is 16.4. The van der Waals surface area contributed by atoms with Gasteiger partial charge in [0.05, 0.1) is 46.4 Å². The van der Waals surface area contributed by atoms with E-state index in [-0.39, 0.29) is 11.9 Å². The molecule has 0 radical (unpaired) electrons. The predicted molar refractivity (Wildman–Crippen MR) is 115 cm³/mol. The van der Waals surface area contributed by atoms with Crippen molar-refractivity contribution in [3.63, 3.8) is 0 Å².